The van der Waals surface area contributed by atoms with Gasteiger partial charge in [-0.25, -0.2) is 0 Å². The summed E-state index contributed by atoms with van der Waals surface area (Å²) in [5.74, 6) is 0.813. The van der Waals surface area contributed by atoms with Crippen molar-refractivity contribution in [2.75, 3.05) is 18.2 Å². The van der Waals surface area contributed by atoms with Gasteiger partial charge in [0.1, 0.15) is 5.75 Å². The first-order valence-electron chi connectivity index (χ1n) is 5.89. The molecule has 0 fully saturated rings. The molecule has 4 heteroatoms. The average molecular weight is 253 g/mol. The number of nitrogens with two attached hydrogens (primary N) is 1. The van der Waals surface area contributed by atoms with Crippen LogP contribution in [0.1, 0.15) is 5.56 Å². The molecular weight excluding hydrogens is 238 g/mol. The van der Waals surface area contributed by atoms with Gasteiger partial charge in [-0.3, -0.25) is 0 Å². The molecule has 0 spiro atoms. The van der Waals surface area contributed by atoms with Crippen molar-refractivity contribution in [3.05, 3.63) is 48.0 Å². The minimum Gasteiger partial charge on any atom is -0.497 e. The molecule has 0 aliphatic rings. The second-order valence-corrected chi connectivity index (χ2v) is 4.10. The summed E-state index contributed by atoms with van der Waals surface area (Å²) >= 11 is 0. The van der Waals surface area contributed by atoms with E-state index in [1.54, 1.807) is 13.2 Å². The van der Waals surface area contributed by atoms with Gasteiger partial charge in [0.25, 0.3) is 0 Å². The molecule has 0 heterocycles. The predicted octanol–water partition coefficient (Wildman–Crippen LogP) is 3.09. The summed E-state index contributed by atoms with van der Waals surface area (Å²) in [5, 5.41) is 12.0. The SMILES string of the molecule is COc1ccc(Nc2ccc(N)c(CC#N)c2)cc1. The molecule has 0 aromatic heterocycles. The summed E-state index contributed by atoms with van der Waals surface area (Å²) in [5.41, 5.74) is 9.15. The second kappa shape index (κ2) is 5.78. The lowest BCUT2D eigenvalue weighted by Gasteiger charge is -2.10. The van der Waals surface area contributed by atoms with Crippen LogP contribution < -0.4 is 15.8 Å². The van der Waals surface area contributed by atoms with Crippen LogP contribution in [0, 0.1) is 11.3 Å². The second-order valence-electron chi connectivity index (χ2n) is 4.10. The smallest absolute Gasteiger partial charge is 0.119 e. The van der Waals surface area contributed by atoms with Gasteiger partial charge < -0.3 is 15.8 Å². The first-order chi connectivity index (χ1) is 9.22. The van der Waals surface area contributed by atoms with Gasteiger partial charge in [-0.2, -0.15) is 5.26 Å². The average Bonchev–Trinajstić information content (AvgIpc) is 2.44. The molecule has 2 rings (SSSR count). The number of nitrogen functional groups attached to an aromatic ring is 1. The van der Waals surface area contributed by atoms with Gasteiger partial charge in [-0.05, 0) is 48.0 Å². The van der Waals surface area contributed by atoms with E-state index in [1.165, 1.54) is 0 Å². The summed E-state index contributed by atoms with van der Waals surface area (Å²) in [6.07, 6.45) is 0.309. The van der Waals surface area contributed by atoms with Crippen LogP contribution in [0.2, 0.25) is 0 Å². The number of anilines is 3. The van der Waals surface area contributed by atoms with Crippen molar-refractivity contribution >= 4 is 17.1 Å². The molecule has 0 amide bonds. The molecular formula is C15H15N3O. The zero-order valence-corrected chi connectivity index (χ0v) is 10.7. The highest BCUT2D eigenvalue weighted by atomic mass is 16.5. The fourth-order valence-corrected chi connectivity index (χ4v) is 1.76. The Morgan fingerprint density at radius 2 is 1.84 bits per heavy atom. The third kappa shape index (κ3) is 3.17. The minimum absolute atomic E-state index is 0.309. The number of ether oxygens (including phenoxy) is 1. The normalized spacial score (nSPS) is 9.68. The van der Waals surface area contributed by atoms with E-state index >= 15 is 0 Å². The van der Waals surface area contributed by atoms with Crippen LogP contribution in [0.5, 0.6) is 5.75 Å². The van der Waals surface area contributed by atoms with Gasteiger partial charge in [0, 0.05) is 17.1 Å². The number of rotatable bonds is 4. The van der Waals surface area contributed by atoms with Gasteiger partial charge in [-0.15, -0.1) is 0 Å². The third-order valence-electron chi connectivity index (χ3n) is 2.79. The number of hydrogen-bond acceptors (Lipinski definition) is 4. The topological polar surface area (TPSA) is 71.1 Å². The van der Waals surface area contributed by atoms with Gasteiger partial charge in [0.2, 0.25) is 0 Å². The van der Waals surface area contributed by atoms with E-state index in [4.69, 9.17) is 15.7 Å². The fourth-order valence-electron chi connectivity index (χ4n) is 1.76. The van der Waals surface area contributed by atoms with Gasteiger partial charge in [0.05, 0.1) is 19.6 Å². The molecule has 0 bridgehead atoms. The highest BCUT2D eigenvalue weighted by Gasteiger charge is 2.01. The van der Waals surface area contributed by atoms with Crippen molar-refractivity contribution < 1.29 is 4.74 Å². The molecule has 0 saturated heterocycles. The van der Waals surface area contributed by atoms with Crippen molar-refractivity contribution in [2.45, 2.75) is 6.42 Å². The molecule has 0 unspecified atom stereocenters. The van der Waals surface area contributed by atoms with Gasteiger partial charge >= 0.3 is 0 Å². The number of nitriles is 1. The van der Waals surface area contributed by atoms with Crippen molar-refractivity contribution in [3.63, 3.8) is 0 Å². The molecule has 0 saturated carbocycles. The van der Waals surface area contributed by atoms with Crippen LogP contribution in [-0.4, -0.2) is 7.11 Å². The molecule has 3 N–H and O–H groups in total. The summed E-state index contributed by atoms with van der Waals surface area (Å²) in [6.45, 7) is 0. The Morgan fingerprint density at radius 1 is 1.16 bits per heavy atom. The minimum atomic E-state index is 0.309. The maximum absolute atomic E-state index is 8.74. The van der Waals surface area contributed by atoms with Gasteiger partial charge in [0.15, 0.2) is 0 Å². The zero-order valence-electron chi connectivity index (χ0n) is 10.7. The maximum atomic E-state index is 8.74. The summed E-state index contributed by atoms with van der Waals surface area (Å²) < 4.78 is 5.11. The third-order valence-corrected chi connectivity index (χ3v) is 2.79. The van der Waals surface area contributed by atoms with Crippen LogP contribution in [0.3, 0.4) is 0 Å². The van der Waals surface area contributed by atoms with Crippen LogP contribution in [0.25, 0.3) is 0 Å². The fraction of sp³-hybridized carbons (Fsp3) is 0.133. The lowest BCUT2D eigenvalue weighted by molar-refractivity contribution is 0.415. The van der Waals surface area contributed by atoms with Crippen LogP contribution >= 0.6 is 0 Å². The standard InChI is InChI=1S/C15H15N3O/c1-19-14-5-2-12(3-6-14)18-13-4-7-15(17)11(10-13)8-9-16/h2-7,10,18H,8,17H2,1H3. The van der Waals surface area contributed by atoms with Crippen molar-refractivity contribution in [2.24, 2.45) is 0 Å². The van der Waals surface area contributed by atoms with E-state index < -0.39 is 0 Å². The molecule has 96 valence electrons. The van der Waals surface area contributed by atoms with E-state index in [0.717, 1.165) is 22.7 Å². The highest BCUT2D eigenvalue weighted by Crippen LogP contribution is 2.23. The Labute approximate surface area is 112 Å². The lowest BCUT2D eigenvalue weighted by atomic mass is 10.1. The largest absolute Gasteiger partial charge is 0.497 e. The lowest BCUT2D eigenvalue weighted by Crippen LogP contribution is -1.96. The summed E-state index contributed by atoms with van der Waals surface area (Å²) in [6, 6.07) is 15.3. The Kier molecular flexibility index (Phi) is 3.89. The van der Waals surface area contributed by atoms with Crippen molar-refractivity contribution in [3.8, 4) is 11.8 Å². The quantitative estimate of drug-likeness (QED) is 0.821. The van der Waals surface area contributed by atoms with E-state index in [-0.39, 0.29) is 0 Å². The number of nitrogens with zero attached hydrogens (tertiary/aromatic N) is 1. The maximum Gasteiger partial charge on any atom is 0.119 e. The van der Waals surface area contributed by atoms with E-state index in [2.05, 4.69) is 11.4 Å². The molecule has 2 aromatic carbocycles. The van der Waals surface area contributed by atoms with E-state index in [0.29, 0.717) is 12.1 Å². The monoisotopic (exact) mass is 253 g/mol. The van der Waals surface area contributed by atoms with Crippen molar-refractivity contribution in [1.29, 1.82) is 5.26 Å². The molecule has 0 atom stereocenters. The zero-order chi connectivity index (χ0) is 13.7. The number of benzene rings is 2. The van der Waals surface area contributed by atoms with E-state index in [1.807, 2.05) is 36.4 Å². The highest BCUT2D eigenvalue weighted by molar-refractivity contribution is 5.65. The van der Waals surface area contributed by atoms with Crippen LogP contribution in [0.15, 0.2) is 42.5 Å². The number of hydrogen-bond donors (Lipinski definition) is 2. The predicted molar refractivity (Wildman–Crippen MR) is 76.4 cm³/mol. The Balaban J connectivity index is 2.18. The Hall–Kier alpha value is -2.67. The molecule has 19 heavy (non-hydrogen) atoms. The van der Waals surface area contributed by atoms with Gasteiger partial charge in [-0.1, -0.05) is 0 Å². The summed E-state index contributed by atoms with van der Waals surface area (Å²) in [7, 11) is 1.64. The molecule has 0 aliphatic heterocycles. The molecule has 0 radical (unpaired) electrons. The number of nitrogens with one attached hydrogen (secondary N) is 1. The Bertz CT molecular complexity index is 600. The van der Waals surface area contributed by atoms with Crippen LogP contribution in [-0.2, 0) is 6.42 Å². The molecule has 2 aromatic rings. The van der Waals surface area contributed by atoms with E-state index in [9.17, 15) is 0 Å². The van der Waals surface area contributed by atoms with Crippen LogP contribution in [0.4, 0.5) is 17.1 Å². The number of methoxy groups -OCH3 is 1. The molecule has 4 nitrogen and oxygen atoms in total. The summed E-state index contributed by atoms with van der Waals surface area (Å²) in [4.78, 5) is 0. The van der Waals surface area contributed by atoms with Crippen molar-refractivity contribution in [1.82, 2.24) is 0 Å². The first kappa shape index (κ1) is 12.8. The molecule has 0 aliphatic carbocycles. The Morgan fingerprint density at radius 3 is 2.47 bits per heavy atom. The first-order valence-corrected chi connectivity index (χ1v) is 5.89.